The first-order valence-electron chi connectivity index (χ1n) is 9.69. The van der Waals surface area contributed by atoms with E-state index >= 15 is 0 Å². The zero-order chi connectivity index (χ0) is 19.3. The number of nitrogens with one attached hydrogen (secondary N) is 1. The van der Waals surface area contributed by atoms with Gasteiger partial charge >= 0.3 is 0 Å². The van der Waals surface area contributed by atoms with Crippen molar-refractivity contribution in [1.29, 1.82) is 0 Å². The summed E-state index contributed by atoms with van der Waals surface area (Å²) in [6, 6.07) is 29.5. The topological polar surface area (TPSA) is 21.3 Å². The Kier molecular flexibility index (Phi) is 5.29. The van der Waals surface area contributed by atoms with Crippen molar-refractivity contribution >= 4 is 16.5 Å². The zero-order valence-corrected chi connectivity index (χ0v) is 16.4. The number of aryl methyl sites for hydroxylation is 1. The summed E-state index contributed by atoms with van der Waals surface area (Å²) < 4.78 is 6.11. The predicted octanol–water partition coefficient (Wildman–Crippen LogP) is 6.65. The summed E-state index contributed by atoms with van der Waals surface area (Å²) in [5, 5.41) is 6.03. The molecule has 2 heteroatoms. The normalized spacial score (nSPS) is 10.8. The Morgan fingerprint density at radius 3 is 2.50 bits per heavy atom. The second-order valence-electron chi connectivity index (χ2n) is 7.18. The van der Waals surface area contributed by atoms with E-state index in [0.29, 0.717) is 6.61 Å². The van der Waals surface area contributed by atoms with Crippen molar-refractivity contribution in [3.05, 3.63) is 107 Å². The van der Waals surface area contributed by atoms with E-state index in [4.69, 9.17) is 4.74 Å². The molecule has 0 aliphatic heterocycles. The maximum atomic E-state index is 6.11. The summed E-state index contributed by atoms with van der Waals surface area (Å²) in [7, 11) is 0. The molecule has 0 aromatic heterocycles. The molecule has 4 aromatic carbocycles. The first-order valence-corrected chi connectivity index (χ1v) is 9.69. The number of hydrogen-bond donors (Lipinski definition) is 1. The Bertz CT molecular complexity index is 1100. The molecule has 0 amide bonds. The maximum absolute atomic E-state index is 6.11. The lowest BCUT2D eigenvalue weighted by Gasteiger charge is -2.13. The lowest BCUT2D eigenvalue weighted by molar-refractivity contribution is 0.307. The molecule has 140 valence electrons. The standard InChI is InChI=1S/C26H25NO/c1-19-8-5-15-26(20(19)2)27-17-21-9-6-13-24(16-21)28-18-23-12-7-11-22-10-3-4-14-25(22)23/h3-16,27H,17-18H2,1-2H3. The highest BCUT2D eigenvalue weighted by Gasteiger charge is 2.04. The molecule has 1 N–H and O–H groups in total. The molecular formula is C26H25NO. The number of rotatable bonds is 6. The highest BCUT2D eigenvalue weighted by Crippen LogP contribution is 2.22. The fourth-order valence-corrected chi connectivity index (χ4v) is 3.46. The van der Waals surface area contributed by atoms with Gasteiger partial charge in [-0.1, -0.05) is 66.7 Å². The van der Waals surface area contributed by atoms with Crippen molar-refractivity contribution in [2.45, 2.75) is 27.0 Å². The van der Waals surface area contributed by atoms with Gasteiger partial charge in [-0.3, -0.25) is 0 Å². The molecule has 28 heavy (non-hydrogen) atoms. The predicted molar refractivity (Wildman–Crippen MR) is 118 cm³/mol. The van der Waals surface area contributed by atoms with E-state index in [1.807, 2.05) is 6.07 Å². The highest BCUT2D eigenvalue weighted by atomic mass is 16.5. The van der Waals surface area contributed by atoms with Crippen LogP contribution in [0.2, 0.25) is 0 Å². The van der Waals surface area contributed by atoms with Crippen molar-refractivity contribution in [3.8, 4) is 5.75 Å². The molecule has 4 aromatic rings. The Labute approximate surface area is 166 Å². The Morgan fingerprint density at radius 2 is 1.57 bits per heavy atom. The van der Waals surface area contributed by atoms with Gasteiger partial charge in [-0.15, -0.1) is 0 Å². The van der Waals surface area contributed by atoms with Crippen LogP contribution >= 0.6 is 0 Å². The molecule has 4 rings (SSSR count). The second-order valence-corrected chi connectivity index (χ2v) is 7.18. The van der Waals surface area contributed by atoms with E-state index in [9.17, 15) is 0 Å². The van der Waals surface area contributed by atoms with Crippen molar-refractivity contribution in [2.24, 2.45) is 0 Å². The molecule has 0 saturated heterocycles. The average molecular weight is 367 g/mol. The van der Waals surface area contributed by atoms with Crippen LogP contribution in [-0.4, -0.2) is 0 Å². The van der Waals surface area contributed by atoms with Gasteiger partial charge in [0.1, 0.15) is 12.4 Å². The molecule has 0 unspecified atom stereocenters. The molecular weight excluding hydrogens is 342 g/mol. The van der Waals surface area contributed by atoms with Crippen LogP contribution in [0.1, 0.15) is 22.3 Å². The summed E-state index contributed by atoms with van der Waals surface area (Å²) in [6.07, 6.45) is 0. The van der Waals surface area contributed by atoms with Crippen LogP contribution in [-0.2, 0) is 13.2 Å². The van der Waals surface area contributed by atoms with E-state index in [2.05, 4.69) is 98.0 Å². The number of fused-ring (bicyclic) bond motifs is 1. The van der Waals surface area contributed by atoms with Gasteiger partial charge in [-0.25, -0.2) is 0 Å². The van der Waals surface area contributed by atoms with Gasteiger partial charge in [0.05, 0.1) is 0 Å². The summed E-state index contributed by atoms with van der Waals surface area (Å²) >= 11 is 0. The lowest BCUT2D eigenvalue weighted by Crippen LogP contribution is -2.02. The minimum Gasteiger partial charge on any atom is -0.489 e. The number of anilines is 1. The molecule has 0 heterocycles. The van der Waals surface area contributed by atoms with Crippen molar-refractivity contribution < 1.29 is 4.74 Å². The molecule has 0 bridgehead atoms. The average Bonchev–Trinajstić information content (AvgIpc) is 2.73. The van der Waals surface area contributed by atoms with E-state index in [1.165, 1.54) is 38.7 Å². The fourth-order valence-electron chi connectivity index (χ4n) is 3.46. The van der Waals surface area contributed by atoms with Gasteiger partial charge in [0.2, 0.25) is 0 Å². The first-order chi connectivity index (χ1) is 13.7. The van der Waals surface area contributed by atoms with Gasteiger partial charge in [0, 0.05) is 12.2 Å². The lowest BCUT2D eigenvalue weighted by atomic mass is 10.1. The van der Waals surface area contributed by atoms with Crippen LogP contribution in [0.4, 0.5) is 5.69 Å². The number of ether oxygens (including phenoxy) is 1. The van der Waals surface area contributed by atoms with Crippen molar-refractivity contribution in [1.82, 2.24) is 0 Å². The zero-order valence-electron chi connectivity index (χ0n) is 16.4. The van der Waals surface area contributed by atoms with E-state index in [1.54, 1.807) is 0 Å². The van der Waals surface area contributed by atoms with Gasteiger partial charge in [0.25, 0.3) is 0 Å². The monoisotopic (exact) mass is 367 g/mol. The van der Waals surface area contributed by atoms with Crippen LogP contribution < -0.4 is 10.1 Å². The molecule has 0 radical (unpaired) electrons. The third-order valence-electron chi connectivity index (χ3n) is 5.26. The summed E-state index contributed by atoms with van der Waals surface area (Å²) in [5.41, 5.74) is 6.19. The van der Waals surface area contributed by atoms with Crippen molar-refractivity contribution in [2.75, 3.05) is 5.32 Å². The van der Waals surface area contributed by atoms with Gasteiger partial charge in [0.15, 0.2) is 0 Å². The molecule has 0 fully saturated rings. The Balaban J connectivity index is 1.44. The van der Waals surface area contributed by atoms with Crippen LogP contribution in [0, 0.1) is 13.8 Å². The molecule has 2 nitrogen and oxygen atoms in total. The van der Waals surface area contributed by atoms with Crippen LogP contribution in [0.15, 0.2) is 84.9 Å². The minimum atomic E-state index is 0.565. The van der Waals surface area contributed by atoms with Crippen LogP contribution in [0.25, 0.3) is 10.8 Å². The van der Waals surface area contributed by atoms with E-state index in [-0.39, 0.29) is 0 Å². The van der Waals surface area contributed by atoms with Gasteiger partial charge in [-0.05, 0) is 65.1 Å². The van der Waals surface area contributed by atoms with Gasteiger partial charge in [-0.2, -0.15) is 0 Å². The van der Waals surface area contributed by atoms with Crippen molar-refractivity contribution in [3.63, 3.8) is 0 Å². The third kappa shape index (κ3) is 4.01. The first kappa shape index (κ1) is 18.1. The SMILES string of the molecule is Cc1cccc(NCc2cccc(OCc3cccc4ccccc34)c2)c1C. The molecule has 0 aliphatic rings. The number of hydrogen-bond acceptors (Lipinski definition) is 2. The summed E-state index contributed by atoms with van der Waals surface area (Å²) in [4.78, 5) is 0. The Morgan fingerprint density at radius 1 is 0.786 bits per heavy atom. The highest BCUT2D eigenvalue weighted by molar-refractivity contribution is 5.85. The second kappa shape index (κ2) is 8.18. The maximum Gasteiger partial charge on any atom is 0.120 e. The fraction of sp³-hybridized carbons (Fsp3) is 0.154. The largest absolute Gasteiger partial charge is 0.489 e. The van der Waals surface area contributed by atoms with Crippen LogP contribution in [0.3, 0.4) is 0 Å². The molecule has 0 aliphatic carbocycles. The van der Waals surface area contributed by atoms with Crippen LogP contribution in [0.5, 0.6) is 5.75 Å². The smallest absolute Gasteiger partial charge is 0.120 e. The number of benzene rings is 4. The summed E-state index contributed by atoms with van der Waals surface area (Å²) in [6.45, 7) is 5.63. The molecule has 0 atom stereocenters. The Hall–Kier alpha value is -3.26. The molecule has 0 saturated carbocycles. The molecule has 0 spiro atoms. The van der Waals surface area contributed by atoms with E-state index < -0.39 is 0 Å². The summed E-state index contributed by atoms with van der Waals surface area (Å²) in [5.74, 6) is 0.896. The van der Waals surface area contributed by atoms with E-state index in [0.717, 1.165) is 12.3 Å². The third-order valence-corrected chi connectivity index (χ3v) is 5.26. The van der Waals surface area contributed by atoms with Gasteiger partial charge < -0.3 is 10.1 Å². The minimum absolute atomic E-state index is 0.565. The quantitative estimate of drug-likeness (QED) is 0.412.